The molecule has 5 nitrogen and oxygen atoms in total. The topological polar surface area (TPSA) is 68.1 Å². The summed E-state index contributed by atoms with van der Waals surface area (Å²) in [5.74, 6) is 0.289. The van der Waals surface area contributed by atoms with Crippen molar-refractivity contribution in [3.63, 3.8) is 0 Å². The number of hydrogen-bond donors (Lipinski definition) is 1. The minimum absolute atomic E-state index is 0.121. The van der Waals surface area contributed by atoms with Gasteiger partial charge in [-0.05, 0) is 28.9 Å². The highest BCUT2D eigenvalue weighted by Gasteiger charge is 2.15. The molecule has 2 aromatic rings. The summed E-state index contributed by atoms with van der Waals surface area (Å²) in [5, 5.41) is 17.2. The maximum atomic E-state index is 10.9. The molecule has 0 saturated heterocycles. The van der Waals surface area contributed by atoms with Crippen molar-refractivity contribution in [3.8, 4) is 0 Å². The number of nitrogens with one attached hydrogen (secondary N) is 1. The first-order valence-electron chi connectivity index (χ1n) is 6.07. The van der Waals surface area contributed by atoms with Crippen LogP contribution in [0, 0.1) is 17.0 Å². The van der Waals surface area contributed by atoms with Crippen LogP contribution in [0.1, 0.15) is 23.4 Å². The second-order valence-corrected chi connectivity index (χ2v) is 6.31. The maximum Gasteiger partial charge on any atom is 0.273 e. The third-order valence-corrected chi connectivity index (χ3v) is 4.62. The molecule has 1 heterocycles. The fraction of sp³-hybridized carbons (Fsp3) is 0.308. The molecule has 0 saturated carbocycles. The monoisotopic (exact) mass is 355 g/mol. The number of nitro benzene ring substituents is 1. The van der Waals surface area contributed by atoms with Crippen LogP contribution in [0.15, 0.2) is 28.2 Å². The summed E-state index contributed by atoms with van der Waals surface area (Å²) in [4.78, 5) is 14.8. The van der Waals surface area contributed by atoms with Crippen LogP contribution in [0.5, 0.6) is 0 Å². The lowest BCUT2D eigenvalue weighted by molar-refractivity contribution is -0.385. The summed E-state index contributed by atoms with van der Waals surface area (Å²) in [7, 11) is 0. The van der Waals surface area contributed by atoms with Crippen LogP contribution in [0.3, 0.4) is 0 Å². The molecule has 7 heteroatoms. The molecule has 1 N–H and O–H groups in total. The quantitative estimate of drug-likeness (QED) is 0.639. The van der Waals surface area contributed by atoms with Crippen LogP contribution in [0.4, 0.5) is 11.4 Å². The Hall–Kier alpha value is -1.47. The maximum absolute atomic E-state index is 10.9. The lowest BCUT2D eigenvalue weighted by Crippen LogP contribution is -2.10. The van der Waals surface area contributed by atoms with Crippen LogP contribution < -0.4 is 5.32 Å². The Morgan fingerprint density at radius 3 is 2.90 bits per heavy atom. The van der Waals surface area contributed by atoms with Crippen molar-refractivity contribution >= 4 is 38.6 Å². The predicted octanol–water partition coefficient (Wildman–Crippen LogP) is 4.34. The molecule has 0 spiro atoms. The zero-order chi connectivity index (χ0) is 14.7. The SMILES string of the molecule is Cc1cc(NCC(C)c2nccs2)c(Br)cc1[N+](=O)[O-]. The predicted molar refractivity (Wildman–Crippen MR) is 84.6 cm³/mol. The molecule has 0 aliphatic carbocycles. The van der Waals surface area contributed by atoms with Gasteiger partial charge in [-0.25, -0.2) is 4.98 Å². The molecule has 0 aliphatic rings. The number of anilines is 1. The van der Waals surface area contributed by atoms with E-state index in [1.807, 2.05) is 5.38 Å². The summed E-state index contributed by atoms with van der Waals surface area (Å²) < 4.78 is 0.695. The average Bonchev–Trinajstić information content (AvgIpc) is 2.92. The van der Waals surface area contributed by atoms with Crippen LogP contribution in [-0.2, 0) is 0 Å². The molecule has 1 unspecified atom stereocenters. The van der Waals surface area contributed by atoms with Gasteiger partial charge in [0.1, 0.15) is 0 Å². The molecule has 0 bridgehead atoms. The number of thiazole rings is 1. The molecule has 1 aromatic heterocycles. The van der Waals surface area contributed by atoms with Gasteiger partial charge in [0.25, 0.3) is 5.69 Å². The van der Waals surface area contributed by atoms with E-state index in [4.69, 9.17) is 0 Å². The number of nitrogens with zero attached hydrogens (tertiary/aromatic N) is 2. The lowest BCUT2D eigenvalue weighted by atomic mass is 10.1. The van der Waals surface area contributed by atoms with E-state index < -0.39 is 0 Å². The molecule has 1 aromatic carbocycles. The molecule has 1 atom stereocenters. The third kappa shape index (κ3) is 3.34. The number of aryl methyl sites for hydroxylation is 1. The Balaban J connectivity index is 2.10. The molecule has 20 heavy (non-hydrogen) atoms. The van der Waals surface area contributed by atoms with Gasteiger partial charge in [-0.15, -0.1) is 11.3 Å². The number of hydrogen-bond acceptors (Lipinski definition) is 5. The van der Waals surface area contributed by atoms with Gasteiger partial charge in [0.05, 0.1) is 9.93 Å². The minimum atomic E-state index is -0.373. The zero-order valence-corrected chi connectivity index (χ0v) is 13.5. The average molecular weight is 356 g/mol. The summed E-state index contributed by atoms with van der Waals surface area (Å²) in [6, 6.07) is 3.32. The molecule has 2 rings (SSSR count). The summed E-state index contributed by atoms with van der Waals surface area (Å²) in [6.45, 7) is 4.56. The molecular formula is C13H14BrN3O2S. The molecule has 106 valence electrons. The molecular weight excluding hydrogens is 342 g/mol. The van der Waals surface area contributed by atoms with E-state index in [9.17, 15) is 10.1 Å². The van der Waals surface area contributed by atoms with Gasteiger partial charge in [0, 0.05) is 45.8 Å². The number of halogens is 1. The highest BCUT2D eigenvalue weighted by Crippen LogP contribution is 2.31. The fourth-order valence-corrected chi connectivity index (χ4v) is 3.00. The van der Waals surface area contributed by atoms with Crippen LogP contribution >= 0.6 is 27.3 Å². The Bertz CT molecular complexity index is 616. The van der Waals surface area contributed by atoms with Gasteiger partial charge in [-0.3, -0.25) is 10.1 Å². The summed E-state index contributed by atoms with van der Waals surface area (Å²) in [6.07, 6.45) is 1.79. The van der Waals surface area contributed by atoms with Crippen LogP contribution in [0.25, 0.3) is 0 Å². The van der Waals surface area contributed by atoms with Crippen molar-refractivity contribution in [3.05, 3.63) is 48.9 Å². The number of benzene rings is 1. The minimum Gasteiger partial charge on any atom is -0.383 e. The first-order chi connectivity index (χ1) is 9.49. The van der Waals surface area contributed by atoms with Crippen molar-refractivity contribution in [2.75, 3.05) is 11.9 Å². The Kier molecular flexibility index (Phi) is 4.72. The Morgan fingerprint density at radius 2 is 2.30 bits per heavy atom. The fourth-order valence-electron chi connectivity index (χ4n) is 1.83. The standard InChI is InChI=1S/C13H14BrN3O2S/c1-8-5-11(10(14)6-12(8)17(18)19)16-7-9(2)13-15-3-4-20-13/h3-6,9,16H,7H2,1-2H3. The van der Waals surface area contributed by atoms with Crippen molar-refractivity contribution in [1.82, 2.24) is 4.98 Å². The first kappa shape index (κ1) is 14.9. The number of rotatable bonds is 5. The van der Waals surface area contributed by atoms with E-state index in [1.54, 1.807) is 30.5 Å². The van der Waals surface area contributed by atoms with Gasteiger partial charge >= 0.3 is 0 Å². The van der Waals surface area contributed by atoms with Gasteiger partial charge < -0.3 is 5.32 Å². The molecule has 0 amide bonds. The van der Waals surface area contributed by atoms with E-state index in [2.05, 4.69) is 33.2 Å². The van der Waals surface area contributed by atoms with Crippen LogP contribution in [0.2, 0.25) is 0 Å². The van der Waals surface area contributed by atoms with Crippen molar-refractivity contribution < 1.29 is 4.92 Å². The first-order valence-corrected chi connectivity index (χ1v) is 7.74. The van der Waals surface area contributed by atoms with Crippen molar-refractivity contribution in [2.45, 2.75) is 19.8 Å². The summed E-state index contributed by atoms with van der Waals surface area (Å²) in [5.41, 5.74) is 1.62. The Labute approximate surface area is 129 Å². The smallest absolute Gasteiger partial charge is 0.273 e. The van der Waals surface area contributed by atoms with E-state index in [0.29, 0.717) is 10.0 Å². The van der Waals surface area contributed by atoms with Gasteiger partial charge in [-0.2, -0.15) is 0 Å². The summed E-state index contributed by atoms with van der Waals surface area (Å²) >= 11 is 5.00. The molecule has 0 fully saturated rings. The van der Waals surface area contributed by atoms with E-state index in [0.717, 1.165) is 17.2 Å². The van der Waals surface area contributed by atoms with E-state index in [-0.39, 0.29) is 16.5 Å². The van der Waals surface area contributed by atoms with Gasteiger partial charge in [0.2, 0.25) is 0 Å². The van der Waals surface area contributed by atoms with E-state index >= 15 is 0 Å². The zero-order valence-electron chi connectivity index (χ0n) is 11.1. The largest absolute Gasteiger partial charge is 0.383 e. The van der Waals surface area contributed by atoms with Crippen molar-refractivity contribution in [2.24, 2.45) is 0 Å². The highest BCUT2D eigenvalue weighted by molar-refractivity contribution is 9.10. The molecule has 0 radical (unpaired) electrons. The number of aromatic nitrogens is 1. The third-order valence-electron chi connectivity index (χ3n) is 2.95. The second-order valence-electron chi connectivity index (χ2n) is 4.53. The van der Waals surface area contributed by atoms with Gasteiger partial charge in [0.15, 0.2) is 0 Å². The Morgan fingerprint density at radius 1 is 1.55 bits per heavy atom. The normalized spacial score (nSPS) is 12.2. The van der Waals surface area contributed by atoms with Crippen LogP contribution in [-0.4, -0.2) is 16.5 Å². The second kappa shape index (κ2) is 6.32. The lowest BCUT2D eigenvalue weighted by Gasteiger charge is -2.13. The highest BCUT2D eigenvalue weighted by atomic mass is 79.9. The van der Waals surface area contributed by atoms with Crippen molar-refractivity contribution in [1.29, 1.82) is 0 Å². The van der Waals surface area contributed by atoms with Gasteiger partial charge in [-0.1, -0.05) is 6.92 Å². The van der Waals surface area contributed by atoms with E-state index in [1.165, 1.54) is 6.07 Å². The molecule has 0 aliphatic heterocycles. The number of nitro groups is 1.